The molecule has 3 aromatic heterocycles. The van der Waals surface area contributed by atoms with Crippen LogP contribution < -0.4 is 4.90 Å². The molecule has 0 N–H and O–H groups in total. The summed E-state index contributed by atoms with van der Waals surface area (Å²) in [5, 5.41) is 0.0984. The van der Waals surface area contributed by atoms with E-state index in [-0.39, 0.29) is 10.9 Å². The summed E-state index contributed by atoms with van der Waals surface area (Å²) in [4.78, 5) is 15.1. The van der Waals surface area contributed by atoms with Crippen LogP contribution in [0.4, 0.5) is 14.5 Å². The van der Waals surface area contributed by atoms with Crippen molar-refractivity contribution in [2.45, 2.75) is 0 Å². The maximum atomic E-state index is 14.8. The maximum absolute atomic E-state index is 14.8. The van der Waals surface area contributed by atoms with Crippen LogP contribution in [0.15, 0.2) is 59.7 Å². The lowest BCUT2D eigenvalue weighted by atomic mass is 10.1. The molecule has 160 valence electrons. The number of aromatic nitrogens is 4. The molecule has 32 heavy (non-hydrogen) atoms. The van der Waals surface area contributed by atoms with Gasteiger partial charge in [0.05, 0.1) is 41.6 Å². The maximum Gasteiger partial charge on any atom is 0.228 e. The van der Waals surface area contributed by atoms with Crippen molar-refractivity contribution in [1.82, 2.24) is 19.5 Å². The molecule has 0 radical (unpaired) electrons. The number of rotatable bonds is 3. The molecule has 4 heterocycles. The fourth-order valence-corrected chi connectivity index (χ4v) is 4.19. The van der Waals surface area contributed by atoms with Gasteiger partial charge in [-0.2, -0.15) is 0 Å². The van der Waals surface area contributed by atoms with Crippen molar-refractivity contribution >= 4 is 27.6 Å². The predicted molar refractivity (Wildman–Crippen MR) is 115 cm³/mol. The summed E-state index contributed by atoms with van der Waals surface area (Å²) in [6, 6.07) is 7.82. The van der Waals surface area contributed by atoms with E-state index in [9.17, 15) is 8.78 Å². The van der Waals surface area contributed by atoms with Crippen LogP contribution in [0.5, 0.6) is 0 Å². The van der Waals surface area contributed by atoms with Gasteiger partial charge in [-0.25, -0.2) is 18.7 Å². The first-order valence-corrected chi connectivity index (χ1v) is 10.2. The normalized spacial score (nSPS) is 14.5. The largest absolute Gasteiger partial charge is 0.444 e. The first-order chi connectivity index (χ1) is 15.7. The molecule has 7 nitrogen and oxygen atoms in total. The molecule has 0 unspecified atom stereocenters. The molecular formula is C23H17F2N5O2. The molecule has 1 fully saturated rings. The van der Waals surface area contributed by atoms with E-state index in [0.717, 1.165) is 42.0 Å². The van der Waals surface area contributed by atoms with Crippen LogP contribution in [0.25, 0.3) is 39.1 Å². The average Bonchev–Trinajstić information content (AvgIpc) is 3.51. The van der Waals surface area contributed by atoms with Crippen LogP contribution in [0.3, 0.4) is 0 Å². The summed E-state index contributed by atoms with van der Waals surface area (Å²) in [6.45, 7) is 2.74. The SMILES string of the molecule is Fc1ccc(F)c2c(-n3cnc4c(-c5ncco5)cc(N5CCOCC5)cc43)ccnc12. The Labute approximate surface area is 180 Å². The van der Waals surface area contributed by atoms with Crippen molar-refractivity contribution in [3.05, 3.63) is 67.0 Å². The first-order valence-electron chi connectivity index (χ1n) is 10.2. The van der Waals surface area contributed by atoms with E-state index in [0.29, 0.717) is 30.3 Å². The van der Waals surface area contributed by atoms with Crippen LogP contribution in [0, 0.1) is 11.6 Å². The minimum absolute atomic E-state index is 0.0263. The van der Waals surface area contributed by atoms with E-state index in [1.807, 2.05) is 12.1 Å². The lowest BCUT2D eigenvalue weighted by Gasteiger charge is -2.29. The summed E-state index contributed by atoms with van der Waals surface area (Å²) in [7, 11) is 0. The third kappa shape index (κ3) is 2.93. The van der Waals surface area contributed by atoms with E-state index in [4.69, 9.17) is 9.15 Å². The van der Waals surface area contributed by atoms with Crippen LogP contribution in [-0.4, -0.2) is 45.8 Å². The van der Waals surface area contributed by atoms with E-state index < -0.39 is 11.6 Å². The number of halogens is 2. The van der Waals surface area contributed by atoms with Gasteiger partial charge in [-0.3, -0.25) is 9.55 Å². The van der Waals surface area contributed by atoms with Crippen molar-refractivity contribution in [2.75, 3.05) is 31.2 Å². The Kier molecular flexibility index (Phi) is 4.36. The molecule has 6 rings (SSSR count). The van der Waals surface area contributed by atoms with Gasteiger partial charge in [0, 0.05) is 25.0 Å². The Morgan fingerprint density at radius 1 is 0.875 bits per heavy atom. The van der Waals surface area contributed by atoms with E-state index in [1.54, 1.807) is 23.2 Å². The number of hydrogen-bond donors (Lipinski definition) is 0. The summed E-state index contributed by atoms with van der Waals surface area (Å²) in [5.74, 6) is -0.696. The number of oxazole rings is 1. The molecule has 1 aliphatic heterocycles. The molecule has 9 heteroatoms. The number of imidazole rings is 1. The van der Waals surface area contributed by atoms with Crippen LogP contribution in [0.1, 0.15) is 0 Å². The molecule has 1 saturated heterocycles. The number of ether oxygens (including phenoxy) is 1. The zero-order valence-electron chi connectivity index (χ0n) is 16.8. The topological polar surface area (TPSA) is 69.2 Å². The number of fused-ring (bicyclic) bond motifs is 2. The summed E-state index contributed by atoms with van der Waals surface area (Å²) < 4.78 is 42.0. The lowest BCUT2D eigenvalue weighted by molar-refractivity contribution is 0.122. The summed E-state index contributed by atoms with van der Waals surface area (Å²) >= 11 is 0. The van der Waals surface area contributed by atoms with Gasteiger partial charge in [0.1, 0.15) is 35.3 Å². The molecule has 2 aromatic carbocycles. The zero-order valence-corrected chi connectivity index (χ0v) is 16.8. The fourth-order valence-electron chi connectivity index (χ4n) is 4.19. The Balaban J connectivity index is 1.64. The summed E-state index contributed by atoms with van der Waals surface area (Å²) in [5.41, 5.74) is 3.46. The molecule has 5 aromatic rings. The highest BCUT2D eigenvalue weighted by Crippen LogP contribution is 2.35. The van der Waals surface area contributed by atoms with E-state index in [1.165, 1.54) is 12.5 Å². The lowest BCUT2D eigenvalue weighted by Crippen LogP contribution is -2.36. The second kappa shape index (κ2) is 7.38. The van der Waals surface area contributed by atoms with Gasteiger partial charge in [-0.05, 0) is 30.3 Å². The molecular weight excluding hydrogens is 416 g/mol. The zero-order chi connectivity index (χ0) is 21.7. The van der Waals surface area contributed by atoms with Gasteiger partial charge in [-0.15, -0.1) is 0 Å². The van der Waals surface area contributed by atoms with E-state index in [2.05, 4.69) is 19.9 Å². The van der Waals surface area contributed by atoms with Crippen molar-refractivity contribution in [3.8, 4) is 17.1 Å². The van der Waals surface area contributed by atoms with Crippen LogP contribution in [-0.2, 0) is 4.74 Å². The van der Waals surface area contributed by atoms with Crippen LogP contribution in [0.2, 0.25) is 0 Å². The number of nitrogens with zero attached hydrogens (tertiary/aromatic N) is 5. The number of benzene rings is 2. The van der Waals surface area contributed by atoms with Crippen molar-refractivity contribution in [1.29, 1.82) is 0 Å². The Morgan fingerprint density at radius 2 is 1.72 bits per heavy atom. The minimum Gasteiger partial charge on any atom is -0.444 e. The molecule has 1 aliphatic rings. The second-order valence-electron chi connectivity index (χ2n) is 7.50. The average molecular weight is 433 g/mol. The van der Waals surface area contributed by atoms with Gasteiger partial charge in [0.25, 0.3) is 0 Å². The van der Waals surface area contributed by atoms with Gasteiger partial charge >= 0.3 is 0 Å². The Morgan fingerprint density at radius 3 is 2.53 bits per heavy atom. The van der Waals surface area contributed by atoms with Gasteiger partial charge in [0.15, 0.2) is 0 Å². The van der Waals surface area contributed by atoms with Crippen LogP contribution >= 0.6 is 0 Å². The number of hydrogen-bond acceptors (Lipinski definition) is 6. The first kappa shape index (κ1) is 18.9. The summed E-state index contributed by atoms with van der Waals surface area (Å²) in [6.07, 6.45) is 6.15. The van der Waals surface area contributed by atoms with Crippen molar-refractivity contribution in [2.24, 2.45) is 0 Å². The highest BCUT2D eigenvalue weighted by Gasteiger charge is 2.21. The molecule has 0 amide bonds. The van der Waals surface area contributed by atoms with Crippen molar-refractivity contribution in [3.63, 3.8) is 0 Å². The molecule has 0 spiro atoms. The second-order valence-corrected chi connectivity index (χ2v) is 7.50. The number of anilines is 1. The van der Waals surface area contributed by atoms with E-state index >= 15 is 0 Å². The monoisotopic (exact) mass is 433 g/mol. The highest BCUT2D eigenvalue weighted by molar-refractivity contribution is 5.96. The van der Waals surface area contributed by atoms with Crippen molar-refractivity contribution < 1.29 is 17.9 Å². The number of morpholine rings is 1. The van der Waals surface area contributed by atoms with Gasteiger partial charge in [-0.1, -0.05) is 0 Å². The Hall–Kier alpha value is -3.85. The highest BCUT2D eigenvalue weighted by atomic mass is 19.1. The Bertz CT molecular complexity index is 1440. The standard InChI is InChI=1S/C23H17F2N5O2/c24-16-1-2-17(25)22-20(16)18(3-4-26-22)30-13-28-21-15(23-27-5-8-32-23)11-14(12-19(21)30)29-6-9-31-10-7-29/h1-5,8,11-13H,6-7,9-10H2. The van der Waals surface area contributed by atoms with Gasteiger partial charge in [0.2, 0.25) is 5.89 Å². The third-order valence-corrected chi connectivity index (χ3v) is 5.70. The predicted octanol–water partition coefficient (Wildman–Crippen LogP) is 4.34. The fraction of sp³-hybridized carbons (Fsp3) is 0.174. The quantitative estimate of drug-likeness (QED) is 0.422. The molecule has 0 saturated carbocycles. The minimum atomic E-state index is -0.581. The molecule has 0 bridgehead atoms. The number of pyridine rings is 1. The molecule has 0 atom stereocenters. The molecule has 0 aliphatic carbocycles. The smallest absolute Gasteiger partial charge is 0.228 e. The third-order valence-electron chi connectivity index (χ3n) is 5.70. The van der Waals surface area contributed by atoms with Gasteiger partial charge < -0.3 is 14.1 Å².